The number of piperidine rings is 1. The average molecular weight is 594 g/mol. The highest BCUT2D eigenvalue weighted by Gasteiger charge is 2.69. The number of amides is 4. The second-order valence-corrected chi connectivity index (χ2v) is 13.4. The number of carbonyl (C=O) groups is 5. The van der Waals surface area contributed by atoms with E-state index in [1.165, 1.54) is 12.1 Å². The Morgan fingerprint density at radius 1 is 1.14 bits per heavy atom. The smallest absolute Gasteiger partial charge is 0.268 e. The Hall–Kier alpha value is -3.76. The molecule has 2 saturated carbocycles. The van der Waals surface area contributed by atoms with E-state index in [-0.39, 0.29) is 53.0 Å². The molecule has 11 heteroatoms. The first-order valence-corrected chi connectivity index (χ1v) is 15.5. The van der Waals surface area contributed by atoms with E-state index in [0.717, 1.165) is 32.1 Å². The summed E-state index contributed by atoms with van der Waals surface area (Å²) < 4.78 is 14.3. The van der Waals surface area contributed by atoms with Gasteiger partial charge in [-0.1, -0.05) is 39.2 Å². The first-order valence-electron chi connectivity index (χ1n) is 15.5. The van der Waals surface area contributed by atoms with E-state index >= 15 is 0 Å². The van der Waals surface area contributed by atoms with Gasteiger partial charge in [-0.2, -0.15) is 0 Å². The molecule has 43 heavy (non-hydrogen) atoms. The number of aromatic amines is 1. The van der Waals surface area contributed by atoms with Crippen LogP contribution >= 0.6 is 0 Å². The monoisotopic (exact) mass is 593 g/mol. The normalized spacial score (nSPS) is 27.7. The van der Waals surface area contributed by atoms with Gasteiger partial charge in [0.05, 0.1) is 6.04 Å². The number of hydrogen-bond donors (Lipinski definition) is 4. The van der Waals surface area contributed by atoms with Crippen LogP contribution in [0.4, 0.5) is 4.39 Å². The number of aromatic nitrogens is 1. The van der Waals surface area contributed by atoms with Gasteiger partial charge in [0, 0.05) is 29.9 Å². The third kappa shape index (κ3) is 5.42. The Bertz CT molecular complexity index is 1450. The molecule has 2 aliphatic carbocycles. The Morgan fingerprint density at radius 2 is 1.91 bits per heavy atom. The summed E-state index contributed by atoms with van der Waals surface area (Å²) in [5, 5.41) is 8.85. The van der Waals surface area contributed by atoms with Crippen molar-refractivity contribution in [3.8, 4) is 0 Å². The maximum absolute atomic E-state index is 14.3. The average Bonchev–Trinajstić information content (AvgIpc) is 3.52. The molecule has 4 N–H and O–H groups in total. The fourth-order valence-corrected chi connectivity index (χ4v) is 7.89. The van der Waals surface area contributed by atoms with Crippen LogP contribution < -0.4 is 16.0 Å². The number of fused-ring (bicyclic) bond motifs is 2. The summed E-state index contributed by atoms with van der Waals surface area (Å²) in [6.07, 6.45) is 5.98. The molecule has 4 fully saturated rings. The molecule has 2 saturated heterocycles. The number of H-pyrrole nitrogens is 1. The van der Waals surface area contributed by atoms with E-state index in [2.05, 4.69) is 34.8 Å². The summed E-state index contributed by atoms with van der Waals surface area (Å²) in [5.41, 5.74) is 0.515. The summed E-state index contributed by atoms with van der Waals surface area (Å²) in [6, 6.07) is 3.57. The third-order valence-electron chi connectivity index (χ3n) is 10.5. The Labute approximate surface area is 249 Å². The van der Waals surface area contributed by atoms with E-state index in [0.29, 0.717) is 36.7 Å². The van der Waals surface area contributed by atoms with E-state index in [1.54, 1.807) is 17.0 Å². The number of benzene rings is 1. The molecule has 230 valence electrons. The predicted molar refractivity (Wildman–Crippen MR) is 156 cm³/mol. The first-order chi connectivity index (χ1) is 20.6. The van der Waals surface area contributed by atoms with Crippen LogP contribution in [0.1, 0.15) is 69.3 Å². The molecule has 4 amide bonds. The number of nitrogens with one attached hydrogen (secondary N) is 4. The van der Waals surface area contributed by atoms with Gasteiger partial charge in [0.1, 0.15) is 29.9 Å². The van der Waals surface area contributed by atoms with Gasteiger partial charge in [-0.3, -0.25) is 19.2 Å². The minimum atomic E-state index is -0.843. The number of hydrogen-bond acceptors (Lipinski definition) is 5. The van der Waals surface area contributed by atoms with Gasteiger partial charge in [0.25, 0.3) is 5.91 Å². The highest BCUT2D eigenvalue weighted by atomic mass is 19.1. The van der Waals surface area contributed by atoms with Crippen LogP contribution in [-0.2, 0) is 19.2 Å². The molecular formula is C32H40FN5O5. The summed E-state index contributed by atoms with van der Waals surface area (Å²) in [6.45, 7) is 5.11. The topological polar surface area (TPSA) is 140 Å². The lowest BCUT2D eigenvalue weighted by Gasteiger charge is -2.37. The third-order valence-corrected chi connectivity index (χ3v) is 10.5. The zero-order valence-corrected chi connectivity index (χ0v) is 24.7. The molecule has 6 atom stereocenters. The van der Waals surface area contributed by atoms with Crippen LogP contribution in [0.15, 0.2) is 24.3 Å². The lowest BCUT2D eigenvalue weighted by molar-refractivity contribution is -0.143. The van der Waals surface area contributed by atoms with Crippen molar-refractivity contribution in [2.75, 3.05) is 13.1 Å². The minimum absolute atomic E-state index is 0.0714. The molecule has 2 aromatic rings. The van der Waals surface area contributed by atoms with Gasteiger partial charge in [-0.15, -0.1) is 0 Å². The van der Waals surface area contributed by atoms with Crippen molar-refractivity contribution in [2.45, 2.75) is 76.9 Å². The van der Waals surface area contributed by atoms with Crippen molar-refractivity contribution in [2.24, 2.45) is 29.1 Å². The standard InChI is InChI=1S/C32H40FN5O5/c1-32(2)21-15-38(27(25(21)32)30(42)35-19(16-39)13-18-11-12-34-28(18)40)31(43)26(17-7-4-3-5-8-17)37-29(41)24-14-20-22(33)9-6-10-23(20)36-24/h6,9-10,14,16-19,21,25-27,36H,3-5,7-8,11-13,15H2,1-2H3,(H,34,40)(H,35,42)(H,37,41)/t18-,19-,21?,25-,26-,27-/m0/s1. The van der Waals surface area contributed by atoms with Gasteiger partial charge in [-0.25, -0.2) is 4.39 Å². The number of aldehydes is 1. The quantitative estimate of drug-likeness (QED) is 0.331. The van der Waals surface area contributed by atoms with Crippen molar-refractivity contribution in [1.29, 1.82) is 0 Å². The number of nitrogens with zero attached hydrogens (tertiary/aromatic N) is 1. The molecule has 3 heterocycles. The fraction of sp³-hybridized carbons (Fsp3) is 0.594. The second kappa shape index (κ2) is 11.4. The van der Waals surface area contributed by atoms with Crippen molar-refractivity contribution >= 4 is 40.8 Å². The van der Waals surface area contributed by atoms with Crippen LogP contribution in [0, 0.1) is 34.9 Å². The Balaban J connectivity index is 1.23. The Morgan fingerprint density at radius 3 is 2.58 bits per heavy atom. The van der Waals surface area contributed by atoms with Crippen LogP contribution in [-0.4, -0.2) is 71.0 Å². The van der Waals surface area contributed by atoms with Gasteiger partial charge >= 0.3 is 0 Å². The number of rotatable bonds is 9. The molecule has 0 spiro atoms. The molecule has 0 radical (unpaired) electrons. The van der Waals surface area contributed by atoms with Crippen molar-refractivity contribution in [3.63, 3.8) is 0 Å². The van der Waals surface area contributed by atoms with Gasteiger partial charge < -0.3 is 30.6 Å². The summed E-state index contributed by atoms with van der Waals surface area (Å²) >= 11 is 0. The summed E-state index contributed by atoms with van der Waals surface area (Å²) in [4.78, 5) is 70.2. The van der Waals surface area contributed by atoms with Crippen LogP contribution in [0.25, 0.3) is 10.9 Å². The predicted octanol–water partition coefficient (Wildman–Crippen LogP) is 2.68. The molecule has 1 aromatic carbocycles. The maximum Gasteiger partial charge on any atom is 0.268 e. The molecule has 1 aromatic heterocycles. The van der Waals surface area contributed by atoms with E-state index in [4.69, 9.17) is 0 Å². The zero-order valence-electron chi connectivity index (χ0n) is 24.7. The van der Waals surface area contributed by atoms with Crippen LogP contribution in [0.5, 0.6) is 0 Å². The highest BCUT2D eigenvalue weighted by Crippen LogP contribution is 2.65. The summed E-state index contributed by atoms with van der Waals surface area (Å²) in [5.74, 6) is -2.14. The fourth-order valence-electron chi connectivity index (χ4n) is 7.89. The molecule has 6 rings (SSSR count). The lowest BCUT2D eigenvalue weighted by Crippen LogP contribution is -2.59. The number of carbonyl (C=O) groups excluding carboxylic acids is 5. The summed E-state index contributed by atoms with van der Waals surface area (Å²) in [7, 11) is 0. The first kappa shape index (κ1) is 29.3. The van der Waals surface area contributed by atoms with Crippen molar-refractivity contribution < 1.29 is 28.4 Å². The van der Waals surface area contributed by atoms with E-state index in [9.17, 15) is 28.4 Å². The van der Waals surface area contributed by atoms with Gasteiger partial charge in [-0.05, 0) is 67.1 Å². The maximum atomic E-state index is 14.3. The molecule has 0 bridgehead atoms. The molecule has 10 nitrogen and oxygen atoms in total. The van der Waals surface area contributed by atoms with Crippen LogP contribution in [0.3, 0.4) is 0 Å². The largest absolute Gasteiger partial charge is 0.356 e. The van der Waals surface area contributed by atoms with Crippen LogP contribution in [0.2, 0.25) is 0 Å². The van der Waals surface area contributed by atoms with Gasteiger partial charge in [0.15, 0.2) is 0 Å². The Kier molecular flexibility index (Phi) is 7.76. The minimum Gasteiger partial charge on any atom is -0.356 e. The highest BCUT2D eigenvalue weighted by molar-refractivity contribution is 6.01. The SMILES string of the molecule is CC1(C)C2CN(C(=O)[C@@H](NC(=O)c3cc4c(F)cccc4[nH]3)C3CCCCC3)[C@H](C(=O)N[C@H](C=O)C[C@@H]3CCNC3=O)[C@H]21. The van der Waals surface area contributed by atoms with E-state index < -0.39 is 35.8 Å². The van der Waals surface area contributed by atoms with E-state index in [1.807, 2.05) is 0 Å². The van der Waals surface area contributed by atoms with Crippen molar-refractivity contribution in [3.05, 3.63) is 35.8 Å². The van der Waals surface area contributed by atoms with Crippen molar-refractivity contribution in [1.82, 2.24) is 25.8 Å². The number of halogens is 1. The molecule has 4 aliphatic rings. The lowest BCUT2D eigenvalue weighted by atomic mass is 9.83. The molecular weight excluding hydrogens is 553 g/mol. The molecule has 2 aliphatic heterocycles. The zero-order chi connectivity index (χ0) is 30.5. The molecule has 1 unspecified atom stereocenters. The number of likely N-dealkylation sites (tertiary alicyclic amines) is 1. The second-order valence-electron chi connectivity index (χ2n) is 13.4. The van der Waals surface area contributed by atoms with Gasteiger partial charge in [0.2, 0.25) is 17.7 Å².